The Morgan fingerprint density at radius 2 is 1.73 bits per heavy atom. The number of anilines is 1. The van der Waals surface area contributed by atoms with E-state index in [0.717, 1.165) is 56.5 Å². The van der Waals surface area contributed by atoms with E-state index >= 15 is 0 Å². The molecule has 3 heterocycles. The summed E-state index contributed by atoms with van der Waals surface area (Å²) in [4.78, 5) is 39.9. The molecular formula is C32H38N4O4. The van der Waals surface area contributed by atoms with Crippen LogP contribution in [0.15, 0.2) is 60.8 Å². The second kappa shape index (κ2) is 12.9. The van der Waals surface area contributed by atoms with Crippen LogP contribution in [-0.4, -0.2) is 66.6 Å². The van der Waals surface area contributed by atoms with Gasteiger partial charge in [-0.3, -0.25) is 9.59 Å². The van der Waals surface area contributed by atoms with Gasteiger partial charge in [-0.1, -0.05) is 30.3 Å². The first-order valence-corrected chi connectivity index (χ1v) is 14.3. The Bertz CT molecular complexity index is 1290. The normalized spacial score (nSPS) is 17.9. The van der Waals surface area contributed by atoms with Crippen molar-refractivity contribution in [3.63, 3.8) is 0 Å². The quantitative estimate of drug-likeness (QED) is 0.369. The van der Waals surface area contributed by atoms with E-state index in [1.165, 1.54) is 5.56 Å². The molecule has 2 aliphatic rings. The molecule has 0 bridgehead atoms. The van der Waals surface area contributed by atoms with Crippen molar-refractivity contribution < 1.29 is 19.1 Å². The number of rotatable bonds is 8. The lowest BCUT2D eigenvalue weighted by Crippen LogP contribution is -2.44. The van der Waals surface area contributed by atoms with Crippen LogP contribution in [0.5, 0.6) is 5.75 Å². The van der Waals surface area contributed by atoms with E-state index in [-0.39, 0.29) is 17.8 Å². The summed E-state index contributed by atoms with van der Waals surface area (Å²) in [7, 11) is 1.64. The lowest BCUT2D eigenvalue weighted by molar-refractivity contribution is -0.149. The summed E-state index contributed by atoms with van der Waals surface area (Å²) in [6.07, 6.45) is 6.27. The van der Waals surface area contributed by atoms with Crippen molar-refractivity contribution in [3.8, 4) is 17.1 Å². The number of carbonyl (C=O) groups excluding carboxylic acids is 2. The maximum atomic E-state index is 13.9. The van der Waals surface area contributed by atoms with E-state index in [2.05, 4.69) is 40.2 Å². The largest absolute Gasteiger partial charge is 0.497 e. The van der Waals surface area contributed by atoms with Crippen molar-refractivity contribution in [2.75, 3.05) is 44.8 Å². The van der Waals surface area contributed by atoms with Crippen LogP contribution < -0.4 is 9.64 Å². The second-order valence-electron chi connectivity index (χ2n) is 10.6. The van der Waals surface area contributed by atoms with Gasteiger partial charge >= 0.3 is 5.97 Å². The van der Waals surface area contributed by atoms with E-state index in [1.807, 2.05) is 24.3 Å². The molecule has 8 heteroatoms. The van der Waals surface area contributed by atoms with E-state index in [4.69, 9.17) is 14.5 Å². The van der Waals surface area contributed by atoms with E-state index < -0.39 is 0 Å². The Kier molecular flexibility index (Phi) is 8.94. The number of esters is 1. The molecule has 0 spiro atoms. The van der Waals surface area contributed by atoms with E-state index in [9.17, 15) is 9.59 Å². The van der Waals surface area contributed by atoms with Gasteiger partial charge in [0.2, 0.25) is 0 Å². The molecule has 1 unspecified atom stereocenters. The molecule has 2 fully saturated rings. The van der Waals surface area contributed by atoms with Gasteiger partial charge in [-0.05, 0) is 74.8 Å². The monoisotopic (exact) mass is 542 g/mol. The number of nitrogens with zero attached hydrogens (tertiary/aromatic N) is 4. The molecule has 0 N–H and O–H groups in total. The number of hydrogen-bond acceptors (Lipinski definition) is 7. The van der Waals surface area contributed by atoms with E-state index in [0.29, 0.717) is 42.8 Å². The van der Waals surface area contributed by atoms with Crippen LogP contribution >= 0.6 is 0 Å². The minimum atomic E-state index is -0.297. The maximum absolute atomic E-state index is 13.9. The number of aromatic nitrogens is 2. The zero-order chi connectivity index (χ0) is 27.9. The molecule has 2 aliphatic heterocycles. The van der Waals surface area contributed by atoms with Crippen molar-refractivity contribution >= 4 is 17.7 Å². The molecule has 40 heavy (non-hydrogen) atoms. The molecule has 0 aliphatic carbocycles. The number of amides is 1. The average molecular weight is 543 g/mol. The first-order valence-electron chi connectivity index (χ1n) is 14.3. The molecule has 0 saturated carbocycles. The topological polar surface area (TPSA) is 84.9 Å². The van der Waals surface area contributed by atoms with Gasteiger partial charge in [-0.25, -0.2) is 9.97 Å². The smallest absolute Gasteiger partial charge is 0.310 e. The minimum absolute atomic E-state index is 0.128. The zero-order valence-electron chi connectivity index (χ0n) is 23.4. The lowest BCUT2D eigenvalue weighted by Gasteiger charge is -2.35. The predicted molar refractivity (Wildman–Crippen MR) is 154 cm³/mol. The summed E-state index contributed by atoms with van der Waals surface area (Å²) in [5.41, 5.74) is 2.71. The average Bonchev–Trinajstić information content (AvgIpc) is 3.01. The second-order valence-corrected chi connectivity index (χ2v) is 10.6. The Balaban J connectivity index is 1.39. The molecule has 0 radical (unpaired) electrons. The van der Waals surface area contributed by atoms with Crippen LogP contribution in [0.3, 0.4) is 0 Å². The Morgan fingerprint density at radius 1 is 0.975 bits per heavy atom. The highest BCUT2D eigenvalue weighted by Gasteiger charge is 2.33. The molecule has 1 aromatic heterocycles. The van der Waals surface area contributed by atoms with Crippen LogP contribution in [0.4, 0.5) is 5.82 Å². The third-order valence-electron chi connectivity index (χ3n) is 7.96. The molecule has 5 rings (SSSR count). The van der Waals surface area contributed by atoms with Gasteiger partial charge in [0, 0.05) is 37.9 Å². The Morgan fingerprint density at radius 3 is 2.42 bits per heavy atom. The number of piperidine rings is 2. The molecule has 3 aromatic rings. The van der Waals surface area contributed by atoms with Gasteiger partial charge in [0.05, 0.1) is 19.6 Å². The van der Waals surface area contributed by atoms with Gasteiger partial charge < -0.3 is 19.3 Å². The number of likely N-dealkylation sites (tertiary alicyclic amines) is 1. The number of carbonyl (C=O) groups is 2. The van der Waals surface area contributed by atoms with Crippen molar-refractivity contribution in [1.29, 1.82) is 0 Å². The maximum Gasteiger partial charge on any atom is 0.310 e. The number of benzene rings is 2. The fourth-order valence-corrected chi connectivity index (χ4v) is 5.72. The number of hydrogen-bond donors (Lipinski definition) is 0. The molecule has 2 saturated heterocycles. The molecule has 2 aromatic carbocycles. The zero-order valence-corrected chi connectivity index (χ0v) is 23.4. The van der Waals surface area contributed by atoms with Crippen molar-refractivity contribution in [2.24, 2.45) is 11.8 Å². The summed E-state index contributed by atoms with van der Waals surface area (Å²) in [5, 5.41) is 0. The highest BCUT2D eigenvalue weighted by molar-refractivity contribution is 5.99. The lowest BCUT2D eigenvalue weighted by atomic mass is 9.90. The van der Waals surface area contributed by atoms with Crippen LogP contribution in [0.1, 0.15) is 48.5 Å². The molecule has 1 atom stereocenters. The predicted octanol–water partition coefficient (Wildman–Crippen LogP) is 5.03. The van der Waals surface area contributed by atoms with Crippen LogP contribution in [0.2, 0.25) is 0 Å². The summed E-state index contributed by atoms with van der Waals surface area (Å²) < 4.78 is 10.6. The first kappa shape index (κ1) is 27.6. The van der Waals surface area contributed by atoms with Crippen LogP contribution in [0.25, 0.3) is 11.4 Å². The fraction of sp³-hybridized carbons (Fsp3) is 0.438. The Hall–Kier alpha value is -3.94. The van der Waals surface area contributed by atoms with Crippen LogP contribution in [-0.2, 0) is 16.0 Å². The molecule has 1 amide bonds. The fourth-order valence-electron chi connectivity index (χ4n) is 5.72. The van der Waals surface area contributed by atoms with Crippen LogP contribution in [0, 0.1) is 11.8 Å². The Labute approximate surface area is 236 Å². The first-order chi connectivity index (χ1) is 19.6. The van der Waals surface area contributed by atoms with E-state index in [1.54, 1.807) is 25.1 Å². The van der Waals surface area contributed by atoms with Gasteiger partial charge in [0.1, 0.15) is 17.1 Å². The summed E-state index contributed by atoms with van der Waals surface area (Å²) in [5.74, 6) is 1.94. The summed E-state index contributed by atoms with van der Waals surface area (Å²) in [6, 6.07) is 18.3. The highest BCUT2D eigenvalue weighted by Crippen LogP contribution is 2.31. The van der Waals surface area contributed by atoms with Gasteiger partial charge in [-0.15, -0.1) is 0 Å². The van der Waals surface area contributed by atoms with Crippen molar-refractivity contribution in [3.05, 3.63) is 71.9 Å². The highest BCUT2D eigenvalue weighted by atomic mass is 16.5. The van der Waals surface area contributed by atoms with Crippen molar-refractivity contribution in [2.45, 2.75) is 39.0 Å². The molecular weight excluding hydrogens is 504 g/mol. The standard InChI is InChI=1S/C32H38N4O4/c1-3-40-32(38)26-10-7-17-36(22-26)31(37)28-21-33-29(25-11-13-27(39-2)14-12-25)34-30(28)35-18-15-24(16-19-35)20-23-8-5-4-6-9-23/h4-6,8-9,11-14,21,24,26H,3,7,10,15-20,22H2,1-2H3. The molecule has 8 nitrogen and oxygen atoms in total. The van der Waals surface area contributed by atoms with Crippen molar-refractivity contribution in [1.82, 2.24) is 14.9 Å². The minimum Gasteiger partial charge on any atom is -0.497 e. The van der Waals surface area contributed by atoms with Gasteiger partial charge in [-0.2, -0.15) is 0 Å². The number of methoxy groups -OCH3 is 1. The van der Waals surface area contributed by atoms with Gasteiger partial charge in [0.15, 0.2) is 5.82 Å². The third-order valence-corrected chi connectivity index (χ3v) is 7.96. The third kappa shape index (κ3) is 6.43. The summed E-state index contributed by atoms with van der Waals surface area (Å²) >= 11 is 0. The summed E-state index contributed by atoms with van der Waals surface area (Å²) in [6.45, 7) is 4.75. The molecule has 210 valence electrons. The number of ether oxygens (including phenoxy) is 2. The SMILES string of the molecule is CCOC(=O)C1CCCN(C(=O)c2cnc(-c3ccc(OC)cc3)nc2N2CCC(Cc3ccccc3)CC2)C1. The van der Waals surface area contributed by atoms with Gasteiger partial charge in [0.25, 0.3) is 5.91 Å².